The van der Waals surface area contributed by atoms with Crippen LogP contribution in [-0.2, 0) is 4.79 Å². The van der Waals surface area contributed by atoms with Crippen LogP contribution in [0.1, 0.15) is 24.1 Å². The number of nitro benzene ring substituents is 1. The summed E-state index contributed by atoms with van der Waals surface area (Å²) in [7, 11) is 1.57. The number of carbonyl (C=O) groups excluding carboxylic acids is 1. The Morgan fingerprint density at radius 3 is 2.76 bits per heavy atom. The fourth-order valence-electron chi connectivity index (χ4n) is 4.04. The maximum atomic E-state index is 13.2. The van der Waals surface area contributed by atoms with Crippen LogP contribution < -0.4 is 15.0 Å². The molecule has 1 amide bonds. The van der Waals surface area contributed by atoms with Crippen molar-refractivity contribution in [2.45, 2.75) is 32.7 Å². The summed E-state index contributed by atoms with van der Waals surface area (Å²) in [5, 5.41) is 14.2. The molecule has 1 unspecified atom stereocenters. The summed E-state index contributed by atoms with van der Waals surface area (Å²) in [4.78, 5) is 35.0. The zero-order valence-corrected chi connectivity index (χ0v) is 18.7. The van der Waals surface area contributed by atoms with Crippen molar-refractivity contribution in [3.05, 3.63) is 69.9 Å². The molecule has 2 heterocycles. The Bertz CT molecular complexity index is 1210. The molecule has 9 heteroatoms. The molecule has 170 valence electrons. The van der Waals surface area contributed by atoms with E-state index in [1.165, 1.54) is 12.1 Å². The van der Waals surface area contributed by atoms with E-state index < -0.39 is 11.0 Å². The standard InChI is InChI=1S/C24H25N5O4/c1-15-9-10-21(33-3)19(12-15)26-24(30)20-8-5-11-28(20)22-13-16(2)25-23(27-22)17-6-4-7-18(14-17)29(31)32/h4,6-7,9-10,12-14,20H,5,8,11H2,1-3H3,(H,26,30). The second kappa shape index (κ2) is 9.23. The van der Waals surface area contributed by atoms with Gasteiger partial charge in [-0.2, -0.15) is 0 Å². The van der Waals surface area contributed by atoms with E-state index in [4.69, 9.17) is 4.74 Å². The number of nitrogens with zero attached hydrogens (tertiary/aromatic N) is 4. The average Bonchev–Trinajstić information content (AvgIpc) is 3.29. The number of methoxy groups -OCH3 is 1. The van der Waals surface area contributed by atoms with Crippen molar-refractivity contribution in [3.8, 4) is 17.1 Å². The number of rotatable bonds is 6. The lowest BCUT2D eigenvalue weighted by Crippen LogP contribution is -2.40. The van der Waals surface area contributed by atoms with Crippen LogP contribution in [0.5, 0.6) is 5.75 Å². The molecule has 1 N–H and O–H groups in total. The van der Waals surface area contributed by atoms with Gasteiger partial charge >= 0.3 is 0 Å². The van der Waals surface area contributed by atoms with Gasteiger partial charge in [-0.1, -0.05) is 18.2 Å². The highest BCUT2D eigenvalue weighted by Crippen LogP contribution is 2.30. The van der Waals surface area contributed by atoms with Crippen molar-refractivity contribution in [1.82, 2.24) is 9.97 Å². The summed E-state index contributed by atoms with van der Waals surface area (Å²) in [5.41, 5.74) is 2.89. The van der Waals surface area contributed by atoms with E-state index in [2.05, 4.69) is 15.3 Å². The molecule has 1 aliphatic rings. The molecular formula is C24H25N5O4. The number of aromatic nitrogens is 2. The van der Waals surface area contributed by atoms with Crippen molar-refractivity contribution in [2.75, 3.05) is 23.9 Å². The molecule has 0 aliphatic carbocycles. The Hall–Kier alpha value is -4.01. The van der Waals surface area contributed by atoms with Gasteiger partial charge in [0.25, 0.3) is 5.69 Å². The van der Waals surface area contributed by atoms with E-state index in [-0.39, 0.29) is 11.6 Å². The SMILES string of the molecule is COc1ccc(C)cc1NC(=O)C1CCCN1c1cc(C)nc(-c2cccc([N+](=O)[O-])c2)n1. The number of aryl methyl sites for hydroxylation is 2. The van der Waals surface area contributed by atoms with Crippen LogP contribution in [0, 0.1) is 24.0 Å². The second-order valence-corrected chi connectivity index (χ2v) is 8.04. The minimum Gasteiger partial charge on any atom is -0.495 e. The predicted molar refractivity (Wildman–Crippen MR) is 126 cm³/mol. The number of benzene rings is 2. The number of anilines is 2. The van der Waals surface area contributed by atoms with E-state index in [9.17, 15) is 14.9 Å². The molecule has 1 saturated heterocycles. The average molecular weight is 447 g/mol. The fraction of sp³-hybridized carbons (Fsp3) is 0.292. The summed E-state index contributed by atoms with van der Waals surface area (Å²) in [5.74, 6) is 1.48. The molecule has 0 spiro atoms. The lowest BCUT2D eigenvalue weighted by molar-refractivity contribution is -0.384. The third kappa shape index (κ3) is 4.77. The molecule has 4 rings (SSSR count). The van der Waals surface area contributed by atoms with E-state index >= 15 is 0 Å². The first-order chi connectivity index (χ1) is 15.9. The summed E-state index contributed by atoms with van der Waals surface area (Å²) >= 11 is 0. The Morgan fingerprint density at radius 1 is 1.18 bits per heavy atom. The van der Waals surface area contributed by atoms with Crippen LogP contribution in [0.3, 0.4) is 0 Å². The van der Waals surface area contributed by atoms with Crippen molar-refractivity contribution >= 4 is 23.1 Å². The quantitative estimate of drug-likeness (QED) is 0.443. The molecule has 1 atom stereocenters. The molecule has 0 saturated carbocycles. The van der Waals surface area contributed by atoms with Gasteiger partial charge in [-0.25, -0.2) is 9.97 Å². The van der Waals surface area contributed by atoms with Gasteiger partial charge in [-0.05, 0) is 44.4 Å². The van der Waals surface area contributed by atoms with Crippen molar-refractivity contribution < 1.29 is 14.5 Å². The molecule has 1 fully saturated rings. The van der Waals surface area contributed by atoms with E-state index in [1.54, 1.807) is 19.2 Å². The highest BCUT2D eigenvalue weighted by atomic mass is 16.6. The summed E-state index contributed by atoms with van der Waals surface area (Å²) in [6.07, 6.45) is 1.54. The number of hydrogen-bond acceptors (Lipinski definition) is 7. The number of nitrogens with one attached hydrogen (secondary N) is 1. The fourth-order valence-corrected chi connectivity index (χ4v) is 4.04. The first kappa shape index (κ1) is 22.2. The molecule has 33 heavy (non-hydrogen) atoms. The van der Waals surface area contributed by atoms with Crippen LogP contribution in [0.4, 0.5) is 17.2 Å². The second-order valence-electron chi connectivity index (χ2n) is 8.04. The minimum atomic E-state index is -0.444. The summed E-state index contributed by atoms with van der Waals surface area (Å²) < 4.78 is 5.39. The zero-order chi connectivity index (χ0) is 23.5. The maximum absolute atomic E-state index is 13.2. The highest BCUT2D eigenvalue weighted by Gasteiger charge is 2.32. The molecule has 3 aromatic rings. The normalized spacial score (nSPS) is 15.4. The first-order valence-corrected chi connectivity index (χ1v) is 10.7. The third-order valence-corrected chi connectivity index (χ3v) is 5.62. The van der Waals surface area contributed by atoms with Gasteiger partial charge in [0.05, 0.1) is 17.7 Å². The van der Waals surface area contributed by atoms with Gasteiger partial charge in [0, 0.05) is 36.0 Å². The molecule has 2 aromatic carbocycles. The van der Waals surface area contributed by atoms with Crippen LogP contribution >= 0.6 is 0 Å². The Balaban J connectivity index is 1.62. The van der Waals surface area contributed by atoms with Crippen LogP contribution in [0.15, 0.2) is 48.5 Å². The van der Waals surface area contributed by atoms with Gasteiger partial charge in [-0.15, -0.1) is 0 Å². The van der Waals surface area contributed by atoms with Crippen LogP contribution in [-0.4, -0.2) is 40.5 Å². The monoisotopic (exact) mass is 447 g/mol. The van der Waals surface area contributed by atoms with Crippen LogP contribution in [0.25, 0.3) is 11.4 Å². The molecule has 0 bridgehead atoms. The zero-order valence-electron chi connectivity index (χ0n) is 18.7. The number of ether oxygens (including phenoxy) is 1. The smallest absolute Gasteiger partial charge is 0.270 e. The minimum absolute atomic E-state index is 0.0234. The topological polar surface area (TPSA) is 110 Å². The molecular weight excluding hydrogens is 422 g/mol. The van der Waals surface area contributed by atoms with E-state index in [0.717, 1.165) is 12.0 Å². The van der Waals surface area contributed by atoms with Crippen molar-refractivity contribution in [1.29, 1.82) is 0 Å². The van der Waals surface area contributed by atoms with E-state index in [1.807, 2.05) is 43.0 Å². The number of carbonyl (C=O) groups is 1. The number of nitro groups is 1. The highest BCUT2D eigenvalue weighted by molar-refractivity contribution is 5.98. The Kier molecular flexibility index (Phi) is 6.21. The number of amides is 1. The lowest BCUT2D eigenvalue weighted by atomic mass is 10.1. The Morgan fingerprint density at radius 2 is 2.00 bits per heavy atom. The van der Waals surface area contributed by atoms with Gasteiger partial charge in [0.1, 0.15) is 17.6 Å². The molecule has 9 nitrogen and oxygen atoms in total. The van der Waals surface area contributed by atoms with Crippen LogP contribution in [0.2, 0.25) is 0 Å². The molecule has 1 aromatic heterocycles. The predicted octanol–water partition coefficient (Wildman–Crippen LogP) is 4.28. The maximum Gasteiger partial charge on any atom is 0.270 e. The molecule has 0 radical (unpaired) electrons. The van der Waals surface area contributed by atoms with Crippen molar-refractivity contribution in [2.24, 2.45) is 0 Å². The number of non-ortho nitro benzene ring substituents is 1. The van der Waals surface area contributed by atoms with E-state index in [0.29, 0.717) is 47.3 Å². The third-order valence-electron chi connectivity index (χ3n) is 5.62. The summed E-state index contributed by atoms with van der Waals surface area (Å²) in [6, 6.07) is 13.3. The Labute approximate surface area is 191 Å². The van der Waals surface area contributed by atoms with Gasteiger partial charge in [-0.3, -0.25) is 14.9 Å². The van der Waals surface area contributed by atoms with Gasteiger partial charge in [0.2, 0.25) is 5.91 Å². The number of hydrogen-bond donors (Lipinski definition) is 1. The van der Waals surface area contributed by atoms with Gasteiger partial charge < -0.3 is 15.0 Å². The van der Waals surface area contributed by atoms with Crippen molar-refractivity contribution in [3.63, 3.8) is 0 Å². The lowest BCUT2D eigenvalue weighted by Gasteiger charge is -2.26. The summed E-state index contributed by atoms with van der Waals surface area (Å²) in [6.45, 7) is 4.47. The molecule has 1 aliphatic heterocycles. The largest absolute Gasteiger partial charge is 0.495 e. The first-order valence-electron chi connectivity index (χ1n) is 10.7. The van der Waals surface area contributed by atoms with Gasteiger partial charge in [0.15, 0.2) is 5.82 Å².